The Bertz CT molecular complexity index is 359. The van der Waals surface area contributed by atoms with E-state index in [1.807, 2.05) is 13.8 Å². The largest absolute Gasteiger partial charge is 0.480 e. The first-order valence-corrected chi connectivity index (χ1v) is 7.12. The van der Waals surface area contributed by atoms with Crippen molar-refractivity contribution in [3.8, 4) is 0 Å². The minimum atomic E-state index is -0.973. The van der Waals surface area contributed by atoms with Gasteiger partial charge in [0.15, 0.2) is 0 Å². The van der Waals surface area contributed by atoms with Gasteiger partial charge in [-0.05, 0) is 32.4 Å². The molecule has 2 fully saturated rings. The van der Waals surface area contributed by atoms with Gasteiger partial charge in [-0.2, -0.15) is 0 Å². The summed E-state index contributed by atoms with van der Waals surface area (Å²) in [7, 11) is 0. The van der Waals surface area contributed by atoms with Crippen LogP contribution in [-0.2, 0) is 14.3 Å². The summed E-state index contributed by atoms with van der Waals surface area (Å²) in [6, 6.07) is 0. The lowest BCUT2D eigenvalue weighted by Gasteiger charge is -2.49. The highest BCUT2D eigenvalue weighted by atomic mass is 32.2. The van der Waals surface area contributed by atoms with Crippen LogP contribution in [0, 0.1) is 0 Å². The Balaban J connectivity index is 1.84. The van der Waals surface area contributed by atoms with Crippen LogP contribution in [-0.4, -0.2) is 57.7 Å². The van der Waals surface area contributed by atoms with Crippen LogP contribution in [0.3, 0.4) is 0 Å². The number of carboxylic acids is 1. The molecule has 6 heteroatoms. The fraction of sp³-hybridized carbons (Fsp3) is 0.833. The number of nitrogens with zero attached hydrogens (tertiary/aromatic N) is 1. The summed E-state index contributed by atoms with van der Waals surface area (Å²) < 4.78 is 5.02. The molecule has 2 saturated heterocycles. The van der Waals surface area contributed by atoms with Gasteiger partial charge in [-0.3, -0.25) is 4.79 Å². The van der Waals surface area contributed by atoms with Crippen molar-refractivity contribution in [2.75, 3.05) is 25.4 Å². The standard InChI is InChI=1S/C12H19NO4S/c1-11(17-6-9(14)15)7-13(8-11)10(16)12(2)4-3-5-18-12/h3-8H2,1-2H3,(H,14,15). The van der Waals surface area contributed by atoms with E-state index in [-0.39, 0.29) is 17.3 Å². The van der Waals surface area contributed by atoms with Gasteiger partial charge in [0.05, 0.1) is 17.8 Å². The number of hydrogen-bond donors (Lipinski definition) is 1. The molecule has 1 amide bonds. The van der Waals surface area contributed by atoms with Crippen molar-refractivity contribution in [1.29, 1.82) is 0 Å². The minimum absolute atomic E-state index is 0.168. The second kappa shape index (κ2) is 4.74. The molecule has 2 aliphatic heterocycles. The van der Waals surface area contributed by atoms with Gasteiger partial charge < -0.3 is 14.7 Å². The number of ether oxygens (including phenoxy) is 1. The summed E-state index contributed by atoms with van der Waals surface area (Å²) in [4.78, 5) is 24.5. The molecule has 1 N–H and O–H groups in total. The number of aliphatic carboxylic acids is 1. The van der Waals surface area contributed by atoms with E-state index in [1.54, 1.807) is 16.7 Å². The molecule has 18 heavy (non-hydrogen) atoms. The number of carbonyl (C=O) groups excluding carboxylic acids is 1. The van der Waals surface area contributed by atoms with Gasteiger partial charge in [-0.25, -0.2) is 4.79 Å². The second-order valence-electron chi connectivity index (χ2n) is 5.48. The zero-order valence-electron chi connectivity index (χ0n) is 10.8. The SMILES string of the molecule is CC1(OCC(=O)O)CN(C(=O)C2(C)CCCS2)C1. The molecular weight excluding hydrogens is 254 g/mol. The van der Waals surface area contributed by atoms with E-state index in [9.17, 15) is 9.59 Å². The predicted molar refractivity (Wildman–Crippen MR) is 68.7 cm³/mol. The number of rotatable bonds is 4. The van der Waals surface area contributed by atoms with E-state index in [2.05, 4.69) is 0 Å². The zero-order valence-corrected chi connectivity index (χ0v) is 11.6. The predicted octanol–water partition coefficient (Wildman–Crippen LogP) is 0.974. The van der Waals surface area contributed by atoms with Crippen LogP contribution in [0.4, 0.5) is 0 Å². The molecule has 102 valence electrons. The molecule has 0 aromatic heterocycles. The first-order chi connectivity index (χ1) is 8.35. The van der Waals surface area contributed by atoms with Crippen molar-refractivity contribution < 1.29 is 19.4 Å². The van der Waals surface area contributed by atoms with Gasteiger partial charge in [0, 0.05) is 0 Å². The Hall–Kier alpha value is -0.750. The zero-order chi connectivity index (χ0) is 13.4. The molecule has 5 nitrogen and oxygen atoms in total. The van der Waals surface area contributed by atoms with Gasteiger partial charge in [0.1, 0.15) is 12.2 Å². The van der Waals surface area contributed by atoms with Crippen molar-refractivity contribution >= 4 is 23.6 Å². The maximum absolute atomic E-state index is 12.3. The van der Waals surface area contributed by atoms with Crippen molar-refractivity contribution in [1.82, 2.24) is 4.90 Å². The monoisotopic (exact) mass is 273 g/mol. The Labute approximate surface area is 111 Å². The first kappa shape index (κ1) is 13.7. The lowest BCUT2D eigenvalue weighted by molar-refractivity contribution is -0.174. The quantitative estimate of drug-likeness (QED) is 0.827. The molecular formula is C12H19NO4S. The van der Waals surface area contributed by atoms with E-state index in [4.69, 9.17) is 9.84 Å². The van der Waals surface area contributed by atoms with Crippen LogP contribution >= 0.6 is 11.8 Å². The third-order valence-electron chi connectivity index (χ3n) is 3.55. The minimum Gasteiger partial charge on any atom is -0.480 e. The Morgan fingerprint density at radius 3 is 2.56 bits per heavy atom. The summed E-state index contributed by atoms with van der Waals surface area (Å²) in [5.74, 6) is 0.240. The number of amides is 1. The number of thioether (sulfide) groups is 1. The molecule has 0 saturated carbocycles. The van der Waals surface area contributed by atoms with Crippen molar-refractivity contribution in [2.24, 2.45) is 0 Å². The van der Waals surface area contributed by atoms with Gasteiger partial charge in [0.2, 0.25) is 5.91 Å². The average molecular weight is 273 g/mol. The Kier molecular flexibility index (Phi) is 3.60. The van der Waals surface area contributed by atoms with Crippen LogP contribution in [0.1, 0.15) is 26.7 Å². The molecule has 0 aliphatic carbocycles. The van der Waals surface area contributed by atoms with Crippen LogP contribution in [0.5, 0.6) is 0 Å². The summed E-state index contributed by atoms with van der Waals surface area (Å²) in [6.45, 7) is 4.54. The molecule has 0 aromatic rings. The molecule has 2 aliphatic rings. The highest BCUT2D eigenvalue weighted by molar-refractivity contribution is 8.01. The number of carbonyl (C=O) groups is 2. The maximum atomic E-state index is 12.3. The molecule has 0 aromatic carbocycles. The van der Waals surface area contributed by atoms with E-state index >= 15 is 0 Å². The Morgan fingerprint density at radius 2 is 2.06 bits per heavy atom. The third kappa shape index (κ3) is 2.64. The lowest BCUT2D eigenvalue weighted by Crippen LogP contribution is -2.66. The number of carboxylic acid groups (broad SMARTS) is 1. The third-order valence-corrected chi connectivity index (χ3v) is 5.06. The van der Waals surface area contributed by atoms with Gasteiger partial charge in [-0.1, -0.05) is 0 Å². The summed E-state index contributed by atoms with van der Waals surface area (Å²) in [5.41, 5.74) is -0.492. The van der Waals surface area contributed by atoms with E-state index in [1.165, 1.54) is 0 Å². The average Bonchev–Trinajstić information content (AvgIpc) is 2.70. The molecule has 0 radical (unpaired) electrons. The molecule has 0 bridgehead atoms. The lowest BCUT2D eigenvalue weighted by atomic mass is 9.93. The van der Waals surface area contributed by atoms with Crippen molar-refractivity contribution in [3.63, 3.8) is 0 Å². The molecule has 1 atom stereocenters. The summed E-state index contributed by atoms with van der Waals surface area (Å²) in [5, 5.41) is 8.58. The summed E-state index contributed by atoms with van der Waals surface area (Å²) >= 11 is 1.72. The maximum Gasteiger partial charge on any atom is 0.329 e. The van der Waals surface area contributed by atoms with Crippen LogP contribution < -0.4 is 0 Å². The highest BCUT2D eigenvalue weighted by Gasteiger charge is 2.48. The topological polar surface area (TPSA) is 66.8 Å². The van der Waals surface area contributed by atoms with Crippen LogP contribution in [0.25, 0.3) is 0 Å². The van der Waals surface area contributed by atoms with Gasteiger partial charge in [-0.15, -0.1) is 11.8 Å². The van der Waals surface area contributed by atoms with Gasteiger partial charge >= 0.3 is 5.97 Å². The van der Waals surface area contributed by atoms with Crippen LogP contribution in [0.15, 0.2) is 0 Å². The second-order valence-corrected chi connectivity index (χ2v) is 7.07. The summed E-state index contributed by atoms with van der Waals surface area (Å²) in [6.07, 6.45) is 2.02. The molecule has 2 rings (SSSR count). The van der Waals surface area contributed by atoms with Crippen LogP contribution in [0.2, 0.25) is 0 Å². The van der Waals surface area contributed by atoms with E-state index in [0.717, 1.165) is 18.6 Å². The van der Waals surface area contributed by atoms with Crippen molar-refractivity contribution in [2.45, 2.75) is 37.0 Å². The number of likely N-dealkylation sites (tertiary alicyclic amines) is 1. The normalized spacial score (nSPS) is 30.0. The molecule has 0 spiro atoms. The van der Waals surface area contributed by atoms with E-state index < -0.39 is 11.6 Å². The smallest absolute Gasteiger partial charge is 0.329 e. The van der Waals surface area contributed by atoms with Crippen molar-refractivity contribution in [3.05, 3.63) is 0 Å². The van der Waals surface area contributed by atoms with E-state index in [0.29, 0.717) is 13.1 Å². The molecule has 1 unspecified atom stereocenters. The fourth-order valence-corrected chi connectivity index (χ4v) is 3.79. The Morgan fingerprint density at radius 1 is 1.39 bits per heavy atom. The fourth-order valence-electron chi connectivity index (χ4n) is 2.51. The number of hydrogen-bond acceptors (Lipinski definition) is 4. The van der Waals surface area contributed by atoms with Gasteiger partial charge in [0.25, 0.3) is 0 Å². The first-order valence-electron chi connectivity index (χ1n) is 6.14. The molecule has 2 heterocycles. The highest BCUT2D eigenvalue weighted by Crippen LogP contribution is 2.41.